The first-order valence-corrected chi connectivity index (χ1v) is 8.97. The van der Waals surface area contributed by atoms with E-state index in [4.69, 9.17) is 9.73 Å². The van der Waals surface area contributed by atoms with E-state index >= 15 is 0 Å². The molecule has 1 saturated heterocycles. The Bertz CT molecular complexity index is 680. The summed E-state index contributed by atoms with van der Waals surface area (Å²) >= 11 is 0. The van der Waals surface area contributed by atoms with Crippen molar-refractivity contribution in [3.63, 3.8) is 0 Å². The molecule has 0 saturated carbocycles. The lowest BCUT2D eigenvalue weighted by Gasteiger charge is -2.35. The third-order valence-electron chi connectivity index (χ3n) is 4.80. The molecule has 2 aliphatic rings. The van der Waals surface area contributed by atoms with Gasteiger partial charge < -0.3 is 9.64 Å². The number of ether oxygens (including phenoxy) is 1. The van der Waals surface area contributed by atoms with Crippen molar-refractivity contribution in [2.45, 2.75) is 39.2 Å². The molecule has 1 N–H and O–H groups in total. The highest BCUT2D eigenvalue weighted by Crippen LogP contribution is 2.33. The molecule has 2 heterocycles. The number of carbonyl (C=O) groups is 2. The SMILES string of the molecule is CCOC(=O)[C@@H]1C(=O)NC(N2CCCCC2)=N[C@@H]1c1ccccc1C. The molecule has 0 spiro atoms. The zero-order valence-corrected chi connectivity index (χ0v) is 14.8. The Balaban J connectivity index is 1.99. The highest BCUT2D eigenvalue weighted by atomic mass is 16.5. The van der Waals surface area contributed by atoms with Crippen LogP contribution in [0.5, 0.6) is 0 Å². The fourth-order valence-electron chi connectivity index (χ4n) is 3.47. The molecule has 0 unspecified atom stereocenters. The van der Waals surface area contributed by atoms with Gasteiger partial charge in [0.05, 0.1) is 6.61 Å². The largest absolute Gasteiger partial charge is 0.465 e. The summed E-state index contributed by atoms with van der Waals surface area (Å²) in [4.78, 5) is 32.0. The molecule has 6 heteroatoms. The van der Waals surface area contributed by atoms with E-state index in [1.807, 2.05) is 31.2 Å². The zero-order valence-electron chi connectivity index (χ0n) is 14.8. The van der Waals surface area contributed by atoms with Crippen molar-refractivity contribution in [2.75, 3.05) is 19.7 Å². The van der Waals surface area contributed by atoms with Crippen LogP contribution < -0.4 is 5.32 Å². The number of esters is 1. The quantitative estimate of drug-likeness (QED) is 0.675. The summed E-state index contributed by atoms with van der Waals surface area (Å²) < 4.78 is 5.14. The molecular weight excluding hydrogens is 318 g/mol. The molecule has 25 heavy (non-hydrogen) atoms. The highest BCUT2D eigenvalue weighted by molar-refractivity contribution is 6.08. The van der Waals surface area contributed by atoms with Crippen molar-refractivity contribution < 1.29 is 14.3 Å². The van der Waals surface area contributed by atoms with Gasteiger partial charge in [0.2, 0.25) is 11.9 Å². The molecule has 0 aliphatic carbocycles. The van der Waals surface area contributed by atoms with Crippen molar-refractivity contribution in [3.8, 4) is 0 Å². The number of nitrogens with zero attached hydrogens (tertiary/aromatic N) is 2. The van der Waals surface area contributed by atoms with Crippen LogP contribution in [0.2, 0.25) is 0 Å². The van der Waals surface area contributed by atoms with E-state index in [9.17, 15) is 9.59 Å². The topological polar surface area (TPSA) is 71.0 Å². The Labute approximate surface area is 148 Å². The van der Waals surface area contributed by atoms with E-state index in [-0.39, 0.29) is 12.5 Å². The van der Waals surface area contributed by atoms with Crippen LogP contribution >= 0.6 is 0 Å². The van der Waals surface area contributed by atoms with Gasteiger partial charge in [-0.1, -0.05) is 24.3 Å². The summed E-state index contributed by atoms with van der Waals surface area (Å²) in [6.45, 7) is 5.71. The number of hydrogen-bond acceptors (Lipinski definition) is 5. The number of benzene rings is 1. The molecule has 0 radical (unpaired) electrons. The molecule has 6 nitrogen and oxygen atoms in total. The summed E-state index contributed by atoms with van der Waals surface area (Å²) in [5.41, 5.74) is 1.91. The van der Waals surface area contributed by atoms with Crippen molar-refractivity contribution in [1.82, 2.24) is 10.2 Å². The number of guanidine groups is 1. The van der Waals surface area contributed by atoms with Crippen LogP contribution in [0, 0.1) is 12.8 Å². The lowest BCUT2D eigenvalue weighted by Crippen LogP contribution is -2.53. The van der Waals surface area contributed by atoms with Gasteiger partial charge in [0.15, 0.2) is 5.92 Å². The zero-order chi connectivity index (χ0) is 17.8. The predicted octanol–water partition coefficient (Wildman–Crippen LogP) is 2.19. The first-order valence-electron chi connectivity index (χ1n) is 8.97. The molecule has 0 aromatic heterocycles. The number of piperidine rings is 1. The van der Waals surface area contributed by atoms with Gasteiger partial charge in [0, 0.05) is 13.1 Å². The Hall–Kier alpha value is -2.37. The monoisotopic (exact) mass is 343 g/mol. The molecule has 1 fully saturated rings. The Morgan fingerprint density at radius 2 is 2.00 bits per heavy atom. The summed E-state index contributed by atoms with van der Waals surface area (Å²) in [5.74, 6) is -1.22. The molecule has 0 bridgehead atoms. The van der Waals surface area contributed by atoms with Gasteiger partial charge in [0.1, 0.15) is 6.04 Å². The minimum absolute atomic E-state index is 0.242. The minimum Gasteiger partial charge on any atom is -0.465 e. The standard InChI is InChI=1S/C19H25N3O3/c1-3-25-18(24)15-16(14-10-6-5-9-13(14)2)20-19(21-17(15)23)22-11-7-4-8-12-22/h5-6,9-10,15-16H,3-4,7-8,11-12H2,1-2H3,(H,20,21,23)/t15-,16+/m0/s1. The second kappa shape index (κ2) is 7.68. The summed E-state index contributed by atoms with van der Waals surface area (Å²) in [6, 6.07) is 7.21. The second-order valence-corrected chi connectivity index (χ2v) is 6.52. The van der Waals surface area contributed by atoms with Crippen LogP contribution in [0.1, 0.15) is 43.4 Å². The third kappa shape index (κ3) is 3.67. The van der Waals surface area contributed by atoms with Crippen LogP contribution in [-0.2, 0) is 14.3 Å². The van der Waals surface area contributed by atoms with E-state index in [0.717, 1.165) is 37.1 Å². The van der Waals surface area contributed by atoms with Gasteiger partial charge in [-0.25, -0.2) is 4.99 Å². The van der Waals surface area contributed by atoms with Gasteiger partial charge in [-0.2, -0.15) is 0 Å². The number of hydrogen-bond donors (Lipinski definition) is 1. The van der Waals surface area contributed by atoms with E-state index in [1.54, 1.807) is 6.92 Å². The summed E-state index contributed by atoms with van der Waals surface area (Å²) in [6.07, 6.45) is 3.38. The maximum absolute atomic E-state index is 12.7. The van der Waals surface area contributed by atoms with Gasteiger partial charge in [-0.3, -0.25) is 14.9 Å². The van der Waals surface area contributed by atoms with Gasteiger partial charge in [0.25, 0.3) is 0 Å². The van der Waals surface area contributed by atoms with Crippen LogP contribution in [0.25, 0.3) is 0 Å². The van der Waals surface area contributed by atoms with Crippen molar-refractivity contribution in [3.05, 3.63) is 35.4 Å². The lowest BCUT2D eigenvalue weighted by molar-refractivity contribution is -0.153. The van der Waals surface area contributed by atoms with Gasteiger partial charge in [-0.15, -0.1) is 0 Å². The predicted molar refractivity (Wildman–Crippen MR) is 95.0 cm³/mol. The molecule has 134 valence electrons. The molecule has 1 amide bonds. The molecule has 1 aromatic carbocycles. The molecular formula is C19H25N3O3. The average Bonchev–Trinajstić information content (AvgIpc) is 2.62. The van der Waals surface area contributed by atoms with Crippen molar-refractivity contribution in [1.29, 1.82) is 0 Å². The molecule has 2 aliphatic heterocycles. The number of rotatable bonds is 3. The van der Waals surface area contributed by atoms with Crippen LogP contribution in [0.4, 0.5) is 0 Å². The second-order valence-electron chi connectivity index (χ2n) is 6.52. The molecule has 2 atom stereocenters. The molecule has 3 rings (SSSR count). The van der Waals surface area contributed by atoms with Crippen LogP contribution in [0.15, 0.2) is 29.3 Å². The Morgan fingerprint density at radius 3 is 2.68 bits per heavy atom. The smallest absolute Gasteiger partial charge is 0.321 e. The van der Waals surface area contributed by atoms with Gasteiger partial charge >= 0.3 is 5.97 Å². The minimum atomic E-state index is -0.949. The maximum Gasteiger partial charge on any atom is 0.321 e. The third-order valence-corrected chi connectivity index (χ3v) is 4.80. The number of nitrogens with one attached hydrogen (secondary N) is 1. The lowest BCUT2D eigenvalue weighted by atomic mass is 9.89. The van der Waals surface area contributed by atoms with Gasteiger partial charge in [-0.05, 0) is 44.2 Å². The fraction of sp³-hybridized carbons (Fsp3) is 0.526. The Kier molecular flexibility index (Phi) is 5.36. The van der Waals surface area contributed by atoms with Crippen LogP contribution in [-0.4, -0.2) is 42.4 Å². The normalized spacial score (nSPS) is 23.7. The van der Waals surface area contributed by atoms with Crippen molar-refractivity contribution >= 4 is 17.8 Å². The van der Waals surface area contributed by atoms with E-state index in [1.165, 1.54) is 6.42 Å². The average molecular weight is 343 g/mol. The Morgan fingerprint density at radius 1 is 1.28 bits per heavy atom. The first kappa shape index (κ1) is 17.5. The number of likely N-dealkylation sites (tertiary alicyclic amines) is 1. The molecule has 1 aromatic rings. The number of aliphatic imine (C=N–C) groups is 1. The summed E-state index contributed by atoms with van der Waals surface area (Å²) in [5, 5.41) is 2.83. The first-order chi connectivity index (χ1) is 12.1. The van der Waals surface area contributed by atoms with Crippen LogP contribution in [0.3, 0.4) is 0 Å². The van der Waals surface area contributed by atoms with Crippen molar-refractivity contribution in [2.24, 2.45) is 10.9 Å². The number of carbonyl (C=O) groups excluding carboxylic acids is 2. The van der Waals surface area contributed by atoms with E-state index in [2.05, 4.69) is 10.2 Å². The highest BCUT2D eigenvalue weighted by Gasteiger charge is 2.42. The van der Waals surface area contributed by atoms with E-state index in [0.29, 0.717) is 5.96 Å². The fourth-order valence-corrected chi connectivity index (χ4v) is 3.47. The van der Waals surface area contributed by atoms with E-state index < -0.39 is 17.9 Å². The maximum atomic E-state index is 12.7. The number of amides is 1. The number of aryl methyl sites for hydroxylation is 1. The summed E-state index contributed by atoms with van der Waals surface area (Å²) in [7, 11) is 0.